The van der Waals surface area contributed by atoms with Crippen LogP contribution < -0.4 is 19.7 Å². The summed E-state index contributed by atoms with van der Waals surface area (Å²) in [5.41, 5.74) is 0.336. The number of carbonyl (C=O) groups is 1. The van der Waals surface area contributed by atoms with E-state index in [2.05, 4.69) is 10.3 Å². The number of nitrogens with one attached hydrogen (secondary N) is 1. The molecule has 1 aromatic carbocycles. The Morgan fingerprint density at radius 3 is 2.67 bits per heavy atom. The van der Waals surface area contributed by atoms with Crippen molar-refractivity contribution in [3.63, 3.8) is 0 Å². The smallest absolute Gasteiger partial charge is 0.286 e. The number of rotatable bonds is 8. The van der Waals surface area contributed by atoms with Gasteiger partial charge < -0.3 is 19.7 Å². The summed E-state index contributed by atoms with van der Waals surface area (Å²) in [6, 6.07) is 6.10. The highest BCUT2D eigenvalue weighted by atomic mass is 16.6. The molecule has 1 heterocycles. The molecule has 0 unspecified atom stereocenters. The fourth-order valence-corrected chi connectivity index (χ4v) is 2.55. The zero-order chi connectivity index (χ0) is 20.0. The molecule has 1 aromatic heterocycles. The SMILES string of the molecule is CCOc1cc([N+](=O)[O-])c(C(=O)NCc2cccnc2N(C)C)cc1OC. The van der Waals surface area contributed by atoms with Crippen molar-refractivity contribution in [2.24, 2.45) is 0 Å². The number of hydrogen-bond donors (Lipinski definition) is 1. The predicted molar refractivity (Wildman–Crippen MR) is 101 cm³/mol. The van der Waals surface area contributed by atoms with Gasteiger partial charge in [0.2, 0.25) is 0 Å². The van der Waals surface area contributed by atoms with Crippen LogP contribution in [-0.2, 0) is 6.54 Å². The molecule has 0 bridgehead atoms. The highest BCUT2D eigenvalue weighted by Crippen LogP contribution is 2.34. The van der Waals surface area contributed by atoms with Gasteiger partial charge in [-0.15, -0.1) is 0 Å². The molecule has 9 heteroatoms. The summed E-state index contributed by atoms with van der Waals surface area (Å²) in [6.07, 6.45) is 1.66. The van der Waals surface area contributed by atoms with Crippen LogP contribution in [0.25, 0.3) is 0 Å². The molecule has 0 saturated heterocycles. The lowest BCUT2D eigenvalue weighted by atomic mass is 10.1. The van der Waals surface area contributed by atoms with Crippen molar-refractivity contribution in [2.75, 3.05) is 32.7 Å². The second kappa shape index (κ2) is 8.84. The molecule has 0 aliphatic heterocycles. The van der Waals surface area contributed by atoms with Crippen LogP contribution in [-0.4, -0.2) is 43.6 Å². The third-order valence-corrected chi connectivity index (χ3v) is 3.75. The molecule has 2 rings (SSSR count). The first kappa shape index (κ1) is 20.0. The lowest BCUT2D eigenvalue weighted by molar-refractivity contribution is -0.385. The second-order valence-corrected chi connectivity index (χ2v) is 5.77. The highest BCUT2D eigenvalue weighted by molar-refractivity contribution is 5.99. The summed E-state index contributed by atoms with van der Waals surface area (Å²) in [6.45, 7) is 2.24. The van der Waals surface area contributed by atoms with Crippen LogP contribution in [0.3, 0.4) is 0 Å². The Bertz CT molecular complexity index is 838. The largest absolute Gasteiger partial charge is 0.493 e. The summed E-state index contributed by atoms with van der Waals surface area (Å²) in [4.78, 5) is 29.5. The van der Waals surface area contributed by atoms with E-state index in [1.165, 1.54) is 19.2 Å². The van der Waals surface area contributed by atoms with E-state index >= 15 is 0 Å². The number of aromatic nitrogens is 1. The maximum Gasteiger partial charge on any atom is 0.286 e. The molecular weight excluding hydrogens is 352 g/mol. The van der Waals surface area contributed by atoms with Crippen molar-refractivity contribution in [3.05, 3.63) is 51.7 Å². The van der Waals surface area contributed by atoms with Gasteiger partial charge in [-0.2, -0.15) is 0 Å². The average Bonchev–Trinajstić information content (AvgIpc) is 2.66. The number of nitrogens with zero attached hydrogens (tertiary/aromatic N) is 3. The predicted octanol–water partition coefficient (Wildman–Crippen LogP) is 2.39. The first-order valence-electron chi connectivity index (χ1n) is 8.27. The number of anilines is 1. The molecule has 1 amide bonds. The van der Waals surface area contributed by atoms with E-state index in [4.69, 9.17) is 9.47 Å². The molecular formula is C18H22N4O5. The van der Waals surface area contributed by atoms with E-state index in [9.17, 15) is 14.9 Å². The molecule has 144 valence electrons. The van der Waals surface area contributed by atoms with Crippen LogP contribution in [0.1, 0.15) is 22.8 Å². The summed E-state index contributed by atoms with van der Waals surface area (Å²) in [7, 11) is 5.09. The number of nitro groups is 1. The second-order valence-electron chi connectivity index (χ2n) is 5.77. The zero-order valence-electron chi connectivity index (χ0n) is 15.7. The fourth-order valence-electron chi connectivity index (χ4n) is 2.55. The number of benzene rings is 1. The van der Waals surface area contributed by atoms with E-state index in [1.807, 2.05) is 25.1 Å². The molecule has 0 aliphatic rings. The normalized spacial score (nSPS) is 10.2. The summed E-state index contributed by atoms with van der Waals surface area (Å²) < 4.78 is 10.5. The Morgan fingerprint density at radius 2 is 2.07 bits per heavy atom. The van der Waals surface area contributed by atoms with E-state index in [1.54, 1.807) is 19.2 Å². The van der Waals surface area contributed by atoms with Crippen LogP contribution in [0, 0.1) is 10.1 Å². The van der Waals surface area contributed by atoms with E-state index < -0.39 is 10.8 Å². The van der Waals surface area contributed by atoms with Gasteiger partial charge in [0, 0.05) is 38.5 Å². The maximum absolute atomic E-state index is 12.6. The van der Waals surface area contributed by atoms with Crippen molar-refractivity contribution in [3.8, 4) is 11.5 Å². The first-order chi connectivity index (χ1) is 12.9. The first-order valence-corrected chi connectivity index (χ1v) is 8.27. The zero-order valence-corrected chi connectivity index (χ0v) is 15.7. The molecule has 0 radical (unpaired) electrons. The monoisotopic (exact) mass is 374 g/mol. The van der Waals surface area contributed by atoms with Gasteiger partial charge in [-0.25, -0.2) is 4.98 Å². The van der Waals surface area contributed by atoms with Crippen LogP contribution in [0.4, 0.5) is 11.5 Å². The molecule has 0 spiro atoms. The fraction of sp³-hybridized carbons (Fsp3) is 0.333. The lowest BCUT2D eigenvalue weighted by Crippen LogP contribution is -2.25. The minimum Gasteiger partial charge on any atom is -0.493 e. The number of methoxy groups -OCH3 is 1. The van der Waals surface area contributed by atoms with Gasteiger partial charge in [-0.05, 0) is 13.0 Å². The number of hydrogen-bond acceptors (Lipinski definition) is 7. The van der Waals surface area contributed by atoms with E-state index in [0.717, 1.165) is 5.56 Å². The molecule has 2 aromatic rings. The number of nitro benzene ring substituents is 1. The molecule has 0 atom stereocenters. The Hall–Kier alpha value is -3.36. The standard InChI is InChI=1S/C18H22N4O5/c1-5-27-16-10-14(22(24)25)13(9-15(16)26-4)18(23)20-11-12-7-6-8-19-17(12)21(2)3/h6-10H,5,11H2,1-4H3,(H,20,23). The number of pyridine rings is 1. The molecule has 0 aliphatic carbocycles. The third kappa shape index (κ3) is 4.63. The van der Waals surface area contributed by atoms with Crippen LogP contribution >= 0.6 is 0 Å². The van der Waals surface area contributed by atoms with Gasteiger partial charge in [-0.1, -0.05) is 6.07 Å². The van der Waals surface area contributed by atoms with Crippen molar-refractivity contribution in [2.45, 2.75) is 13.5 Å². The van der Waals surface area contributed by atoms with Crippen LogP contribution in [0.15, 0.2) is 30.5 Å². The topological polar surface area (TPSA) is 107 Å². The van der Waals surface area contributed by atoms with Gasteiger partial charge >= 0.3 is 0 Å². The third-order valence-electron chi connectivity index (χ3n) is 3.75. The van der Waals surface area contributed by atoms with Gasteiger partial charge in [0.15, 0.2) is 11.5 Å². The Balaban J connectivity index is 2.31. The van der Waals surface area contributed by atoms with Crippen molar-refractivity contribution >= 4 is 17.4 Å². The van der Waals surface area contributed by atoms with Crippen molar-refractivity contribution in [1.82, 2.24) is 10.3 Å². The summed E-state index contributed by atoms with van der Waals surface area (Å²) in [5.74, 6) is 0.585. The van der Waals surface area contributed by atoms with E-state index in [0.29, 0.717) is 12.4 Å². The summed E-state index contributed by atoms with van der Waals surface area (Å²) >= 11 is 0. The molecule has 9 nitrogen and oxygen atoms in total. The van der Waals surface area contributed by atoms with Gasteiger partial charge in [0.05, 0.1) is 24.7 Å². The number of ether oxygens (including phenoxy) is 2. The molecule has 0 fully saturated rings. The van der Waals surface area contributed by atoms with Gasteiger partial charge in [-0.3, -0.25) is 14.9 Å². The minimum absolute atomic E-state index is 0.101. The molecule has 27 heavy (non-hydrogen) atoms. The van der Waals surface area contributed by atoms with Crippen molar-refractivity contribution in [1.29, 1.82) is 0 Å². The number of carbonyl (C=O) groups excluding carboxylic acids is 1. The van der Waals surface area contributed by atoms with Gasteiger partial charge in [0.1, 0.15) is 11.4 Å². The number of amides is 1. The Labute approximate surface area is 157 Å². The Kier molecular flexibility index (Phi) is 6.53. The quantitative estimate of drug-likeness (QED) is 0.558. The van der Waals surface area contributed by atoms with Crippen LogP contribution in [0.2, 0.25) is 0 Å². The lowest BCUT2D eigenvalue weighted by Gasteiger charge is -2.16. The maximum atomic E-state index is 12.6. The average molecular weight is 374 g/mol. The highest BCUT2D eigenvalue weighted by Gasteiger charge is 2.24. The summed E-state index contributed by atoms with van der Waals surface area (Å²) in [5, 5.41) is 14.1. The van der Waals surface area contributed by atoms with Crippen LogP contribution in [0.5, 0.6) is 11.5 Å². The van der Waals surface area contributed by atoms with E-state index in [-0.39, 0.29) is 29.3 Å². The minimum atomic E-state index is -0.619. The molecule has 1 N–H and O–H groups in total. The van der Waals surface area contributed by atoms with Gasteiger partial charge in [0.25, 0.3) is 11.6 Å². The molecule has 0 saturated carbocycles. The Morgan fingerprint density at radius 1 is 1.33 bits per heavy atom. The van der Waals surface area contributed by atoms with Crippen molar-refractivity contribution < 1.29 is 19.2 Å².